The first kappa shape index (κ1) is 16.9. The predicted octanol–water partition coefficient (Wildman–Crippen LogP) is 0.147. The largest absolute Gasteiger partial charge is 0.394 e. The molecule has 0 saturated carbocycles. The van der Waals surface area contributed by atoms with Gasteiger partial charge in [0.25, 0.3) is 0 Å². The molecule has 2 amide bonds. The molecule has 0 spiro atoms. The van der Waals surface area contributed by atoms with Crippen molar-refractivity contribution in [3.05, 3.63) is 0 Å². The quantitative estimate of drug-likeness (QED) is 0.728. The first-order chi connectivity index (χ1) is 9.45. The summed E-state index contributed by atoms with van der Waals surface area (Å²) in [5.74, 6) is -0.135. The molecule has 1 fully saturated rings. The topological polar surface area (TPSA) is 78.9 Å². The average Bonchev–Trinajstić information content (AvgIpc) is 2.42. The van der Waals surface area contributed by atoms with Crippen molar-refractivity contribution in [3.63, 3.8) is 0 Å². The second kappa shape index (κ2) is 8.21. The van der Waals surface area contributed by atoms with Gasteiger partial charge in [0.2, 0.25) is 11.8 Å². The molecular weight excluding hydrogens is 260 g/mol. The van der Waals surface area contributed by atoms with E-state index in [4.69, 9.17) is 9.84 Å². The predicted molar refractivity (Wildman–Crippen MR) is 75.1 cm³/mol. The van der Waals surface area contributed by atoms with Crippen LogP contribution in [0.1, 0.15) is 33.6 Å². The number of hydrogen-bond donors (Lipinski definition) is 2. The van der Waals surface area contributed by atoms with Crippen molar-refractivity contribution in [2.75, 3.05) is 26.3 Å². The fourth-order valence-electron chi connectivity index (χ4n) is 2.39. The Kier molecular flexibility index (Phi) is 6.95. The zero-order valence-corrected chi connectivity index (χ0v) is 12.6. The van der Waals surface area contributed by atoms with E-state index in [2.05, 4.69) is 5.32 Å². The molecule has 1 aliphatic heterocycles. The molecule has 1 saturated heterocycles. The fraction of sp³-hybridized carbons (Fsp3) is 0.857. The highest BCUT2D eigenvalue weighted by Gasteiger charge is 2.30. The molecule has 0 bridgehead atoms. The Hall–Kier alpha value is -1.14. The van der Waals surface area contributed by atoms with Gasteiger partial charge in [0, 0.05) is 20.0 Å². The lowest BCUT2D eigenvalue weighted by atomic mass is 10.0. The zero-order chi connectivity index (χ0) is 15.1. The summed E-state index contributed by atoms with van der Waals surface area (Å²) in [4.78, 5) is 25.4. The lowest BCUT2D eigenvalue weighted by Gasteiger charge is -2.35. The maximum absolute atomic E-state index is 12.4. The Morgan fingerprint density at radius 1 is 1.35 bits per heavy atom. The van der Waals surface area contributed by atoms with Crippen molar-refractivity contribution in [2.24, 2.45) is 5.92 Å². The number of aliphatic hydroxyl groups is 1. The maximum atomic E-state index is 12.4. The van der Waals surface area contributed by atoms with Crippen LogP contribution in [0.3, 0.4) is 0 Å². The van der Waals surface area contributed by atoms with Gasteiger partial charge in [-0.3, -0.25) is 9.59 Å². The molecule has 1 rings (SSSR count). The maximum Gasteiger partial charge on any atom is 0.245 e. The monoisotopic (exact) mass is 286 g/mol. The van der Waals surface area contributed by atoms with Crippen molar-refractivity contribution < 1.29 is 19.4 Å². The van der Waals surface area contributed by atoms with Crippen LogP contribution in [0.15, 0.2) is 0 Å². The average molecular weight is 286 g/mol. The Morgan fingerprint density at radius 3 is 2.40 bits per heavy atom. The standard InChI is InChI=1S/C14H26N2O4/c1-10(2)13(15-11(3)18)14(19)16-6-4-12(5-7-16)20-9-8-17/h10,12-13,17H,4-9H2,1-3H3,(H,15,18). The highest BCUT2D eigenvalue weighted by atomic mass is 16.5. The van der Waals surface area contributed by atoms with Gasteiger partial charge in [-0.1, -0.05) is 13.8 Å². The number of aliphatic hydroxyl groups excluding tert-OH is 1. The molecular formula is C14H26N2O4. The van der Waals surface area contributed by atoms with Gasteiger partial charge < -0.3 is 20.1 Å². The van der Waals surface area contributed by atoms with Crippen molar-refractivity contribution >= 4 is 11.8 Å². The van der Waals surface area contributed by atoms with E-state index in [1.807, 2.05) is 13.8 Å². The molecule has 1 atom stereocenters. The van der Waals surface area contributed by atoms with Crippen molar-refractivity contribution in [2.45, 2.75) is 45.8 Å². The van der Waals surface area contributed by atoms with Crippen LogP contribution in [0.5, 0.6) is 0 Å². The summed E-state index contributed by atoms with van der Waals surface area (Å²) < 4.78 is 5.47. The molecule has 6 heteroatoms. The summed E-state index contributed by atoms with van der Waals surface area (Å²) >= 11 is 0. The van der Waals surface area contributed by atoms with E-state index in [9.17, 15) is 9.59 Å². The third-order valence-corrected chi connectivity index (χ3v) is 3.49. The SMILES string of the molecule is CC(=O)NC(C(=O)N1CCC(OCCO)CC1)C(C)C. The number of piperidine rings is 1. The second-order valence-electron chi connectivity index (χ2n) is 5.54. The summed E-state index contributed by atoms with van der Waals surface area (Å²) in [6, 6.07) is -0.456. The van der Waals surface area contributed by atoms with Gasteiger partial charge in [0.05, 0.1) is 19.3 Å². The summed E-state index contributed by atoms with van der Waals surface area (Å²) in [5, 5.41) is 11.5. The van der Waals surface area contributed by atoms with E-state index < -0.39 is 6.04 Å². The first-order valence-electron chi connectivity index (χ1n) is 7.24. The van der Waals surface area contributed by atoms with Gasteiger partial charge in [-0.25, -0.2) is 0 Å². The molecule has 0 aliphatic carbocycles. The van der Waals surface area contributed by atoms with E-state index in [0.29, 0.717) is 19.7 Å². The van der Waals surface area contributed by atoms with Gasteiger partial charge in [-0.15, -0.1) is 0 Å². The number of amides is 2. The summed E-state index contributed by atoms with van der Waals surface area (Å²) in [5.41, 5.74) is 0. The Bertz CT molecular complexity index is 325. The molecule has 116 valence electrons. The van der Waals surface area contributed by atoms with Crippen molar-refractivity contribution in [1.29, 1.82) is 0 Å². The molecule has 1 heterocycles. The van der Waals surface area contributed by atoms with Crippen LogP contribution in [0.25, 0.3) is 0 Å². The van der Waals surface area contributed by atoms with Crippen molar-refractivity contribution in [1.82, 2.24) is 10.2 Å². The molecule has 0 aromatic carbocycles. The van der Waals surface area contributed by atoms with Crippen LogP contribution in [-0.2, 0) is 14.3 Å². The summed E-state index contributed by atoms with van der Waals surface area (Å²) in [7, 11) is 0. The number of nitrogens with one attached hydrogen (secondary N) is 1. The number of carbonyl (C=O) groups excluding carboxylic acids is 2. The highest BCUT2D eigenvalue weighted by molar-refractivity contribution is 5.87. The van der Waals surface area contributed by atoms with E-state index in [1.165, 1.54) is 6.92 Å². The highest BCUT2D eigenvalue weighted by Crippen LogP contribution is 2.16. The second-order valence-corrected chi connectivity index (χ2v) is 5.54. The van der Waals surface area contributed by atoms with Crippen LogP contribution in [0.2, 0.25) is 0 Å². The zero-order valence-electron chi connectivity index (χ0n) is 12.6. The fourth-order valence-corrected chi connectivity index (χ4v) is 2.39. The number of likely N-dealkylation sites (tertiary alicyclic amines) is 1. The van der Waals surface area contributed by atoms with Gasteiger partial charge in [0.1, 0.15) is 6.04 Å². The minimum absolute atomic E-state index is 0.0178. The normalized spacial score (nSPS) is 18.1. The van der Waals surface area contributed by atoms with E-state index in [1.54, 1.807) is 4.90 Å². The van der Waals surface area contributed by atoms with Gasteiger partial charge >= 0.3 is 0 Å². The first-order valence-corrected chi connectivity index (χ1v) is 7.24. The van der Waals surface area contributed by atoms with E-state index in [0.717, 1.165) is 12.8 Å². The molecule has 2 N–H and O–H groups in total. The third-order valence-electron chi connectivity index (χ3n) is 3.49. The summed E-state index contributed by atoms with van der Waals surface area (Å²) in [6.07, 6.45) is 1.66. The Labute approximate surface area is 120 Å². The lowest BCUT2D eigenvalue weighted by molar-refractivity contribution is -0.139. The number of rotatable bonds is 6. The molecule has 6 nitrogen and oxygen atoms in total. The van der Waals surface area contributed by atoms with E-state index >= 15 is 0 Å². The van der Waals surface area contributed by atoms with Crippen LogP contribution in [0.4, 0.5) is 0 Å². The molecule has 0 aromatic heterocycles. The number of ether oxygens (including phenoxy) is 1. The lowest BCUT2D eigenvalue weighted by Crippen LogP contribution is -2.53. The molecule has 1 unspecified atom stereocenters. The minimum Gasteiger partial charge on any atom is -0.394 e. The summed E-state index contributed by atoms with van der Waals surface area (Å²) in [6.45, 7) is 6.93. The number of carbonyl (C=O) groups is 2. The van der Waals surface area contributed by atoms with Crippen LogP contribution >= 0.6 is 0 Å². The molecule has 1 aliphatic rings. The van der Waals surface area contributed by atoms with Gasteiger partial charge in [-0.05, 0) is 18.8 Å². The molecule has 20 heavy (non-hydrogen) atoms. The van der Waals surface area contributed by atoms with Gasteiger partial charge in [0.15, 0.2) is 0 Å². The Morgan fingerprint density at radius 2 is 1.95 bits per heavy atom. The number of hydrogen-bond acceptors (Lipinski definition) is 4. The van der Waals surface area contributed by atoms with E-state index in [-0.39, 0.29) is 30.4 Å². The van der Waals surface area contributed by atoms with Crippen molar-refractivity contribution in [3.8, 4) is 0 Å². The van der Waals surface area contributed by atoms with Crippen LogP contribution in [-0.4, -0.2) is 60.3 Å². The minimum atomic E-state index is -0.456. The van der Waals surface area contributed by atoms with Crippen LogP contribution in [0, 0.1) is 5.92 Å². The van der Waals surface area contributed by atoms with Crippen LogP contribution < -0.4 is 5.32 Å². The smallest absolute Gasteiger partial charge is 0.245 e. The third kappa shape index (κ3) is 5.09. The Balaban J connectivity index is 2.49. The van der Waals surface area contributed by atoms with Gasteiger partial charge in [-0.2, -0.15) is 0 Å². The molecule has 0 radical (unpaired) electrons. The number of nitrogens with zero attached hydrogens (tertiary/aromatic N) is 1. The molecule has 0 aromatic rings.